The number of hydrogen-bond donors (Lipinski definition) is 1. The molecule has 0 heterocycles. The molecule has 0 saturated heterocycles. The van der Waals surface area contributed by atoms with Crippen molar-refractivity contribution < 1.29 is 24.2 Å². The van der Waals surface area contributed by atoms with Crippen molar-refractivity contribution in [3.63, 3.8) is 0 Å². The van der Waals surface area contributed by atoms with Crippen LogP contribution >= 0.6 is 0 Å². The van der Waals surface area contributed by atoms with E-state index in [-0.39, 0.29) is 33.6 Å². The van der Waals surface area contributed by atoms with E-state index in [1.54, 1.807) is 18.2 Å². The van der Waals surface area contributed by atoms with Gasteiger partial charge in [-0.15, -0.1) is 0 Å². The molecule has 2 aromatic rings. The highest BCUT2D eigenvalue weighted by atomic mass is 16.5. The molecule has 0 bridgehead atoms. The monoisotopic (exact) mass is 364 g/mol. The smallest absolute Gasteiger partial charge is 0.303 e. The van der Waals surface area contributed by atoms with Gasteiger partial charge in [-0.2, -0.15) is 0 Å². The van der Waals surface area contributed by atoms with Crippen molar-refractivity contribution in [3.05, 3.63) is 63.7 Å². The largest absolute Gasteiger partial charge is 0.507 e. The van der Waals surface area contributed by atoms with Gasteiger partial charge in [0.15, 0.2) is 11.6 Å². The van der Waals surface area contributed by atoms with Gasteiger partial charge >= 0.3 is 5.97 Å². The van der Waals surface area contributed by atoms with Crippen LogP contribution in [0.1, 0.15) is 76.3 Å². The lowest BCUT2D eigenvalue weighted by Crippen LogP contribution is -2.32. The number of ketones is 2. The molecule has 5 nitrogen and oxygen atoms in total. The summed E-state index contributed by atoms with van der Waals surface area (Å²) in [6.45, 7) is 5.50. The Bertz CT molecular complexity index is 1020. The maximum atomic E-state index is 13.3. The van der Waals surface area contributed by atoms with E-state index >= 15 is 0 Å². The summed E-state index contributed by atoms with van der Waals surface area (Å²) < 4.78 is 5.56. The molecule has 4 rings (SSSR count). The fraction of sp³-hybridized carbons (Fsp3) is 0.318. The number of fused-ring (bicyclic) bond motifs is 4. The number of phenols is 1. The van der Waals surface area contributed by atoms with E-state index in [0.29, 0.717) is 24.0 Å². The summed E-state index contributed by atoms with van der Waals surface area (Å²) in [7, 11) is 0. The van der Waals surface area contributed by atoms with Crippen molar-refractivity contribution >= 4 is 17.5 Å². The highest BCUT2D eigenvalue weighted by Crippen LogP contribution is 2.47. The number of carbonyl (C=O) groups excluding carboxylic acids is 3. The predicted octanol–water partition coefficient (Wildman–Crippen LogP) is 3.74. The van der Waals surface area contributed by atoms with Crippen molar-refractivity contribution in [1.82, 2.24) is 0 Å². The van der Waals surface area contributed by atoms with Crippen LogP contribution in [-0.2, 0) is 16.0 Å². The Morgan fingerprint density at radius 1 is 1.07 bits per heavy atom. The lowest BCUT2D eigenvalue weighted by atomic mass is 9.69. The van der Waals surface area contributed by atoms with Crippen LogP contribution in [0.25, 0.3) is 0 Å². The minimum atomic E-state index is -0.597. The summed E-state index contributed by atoms with van der Waals surface area (Å²) in [5.41, 5.74) is 2.18. The van der Waals surface area contributed by atoms with Gasteiger partial charge in [0.1, 0.15) is 11.9 Å². The van der Waals surface area contributed by atoms with Crippen molar-refractivity contribution in [2.45, 2.75) is 39.7 Å². The minimum Gasteiger partial charge on any atom is -0.507 e. The Hall–Kier alpha value is -2.95. The lowest BCUT2D eigenvalue weighted by Gasteiger charge is -2.38. The number of rotatable bonds is 1. The molecule has 0 spiro atoms. The molecule has 1 unspecified atom stereocenters. The second-order valence-electron chi connectivity index (χ2n) is 8.06. The van der Waals surface area contributed by atoms with Crippen molar-refractivity contribution in [2.24, 2.45) is 5.41 Å². The van der Waals surface area contributed by atoms with Gasteiger partial charge in [0.25, 0.3) is 0 Å². The van der Waals surface area contributed by atoms with E-state index in [1.807, 2.05) is 6.07 Å². The number of ether oxygens (including phenoxy) is 1. The summed E-state index contributed by atoms with van der Waals surface area (Å²) in [5.74, 6) is -1.34. The third-order valence-electron chi connectivity index (χ3n) is 5.36. The van der Waals surface area contributed by atoms with Gasteiger partial charge in [0.05, 0.1) is 5.56 Å². The van der Waals surface area contributed by atoms with Crippen molar-refractivity contribution in [2.75, 3.05) is 0 Å². The van der Waals surface area contributed by atoms with Crippen molar-refractivity contribution in [3.8, 4) is 5.75 Å². The lowest BCUT2D eigenvalue weighted by molar-refractivity contribution is -0.148. The standard InChI is InChI=1S/C22H20O5/c1-11(23)27-16-10-22(2,3)9-12-7-8-14-19(17(12)16)21(26)18-13(20(14)25)5-4-6-15(18)24/h4-8,16,24H,9-10H2,1-3H3. The summed E-state index contributed by atoms with van der Waals surface area (Å²) >= 11 is 0. The van der Waals surface area contributed by atoms with Crippen LogP contribution < -0.4 is 0 Å². The predicted molar refractivity (Wildman–Crippen MR) is 98.0 cm³/mol. The first-order valence-electron chi connectivity index (χ1n) is 8.94. The van der Waals surface area contributed by atoms with Crippen LogP contribution in [0.2, 0.25) is 0 Å². The number of hydrogen-bond acceptors (Lipinski definition) is 5. The minimum absolute atomic E-state index is 0.0230. The zero-order valence-corrected chi connectivity index (χ0v) is 15.5. The number of carbonyl (C=O) groups is 3. The molecule has 0 saturated carbocycles. The molecule has 2 aromatic carbocycles. The molecule has 1 atom stereocenters. The first-order valence-corrected chi connectivity index (χ1v) is 8.94. The van der Waals surface area contributed by atoms with E-state index in [0.717, 1.165) is 5.56 Å². The van der Waals surface area contributed by atoms with E-state index in [1.165, 1.54) is 13.0 Å². The molecule has 1 N–H and O–H groups in total. The van der Waals surface area contributed by atoms with E-state index in [2.05, 4.69) is 13.8 Å². The molecule has 0 fully saturated rings. The van der Waals surface area contributed by atoms with Crippen molar-refractivity contribution in [1.29, 1.82) is 0 Å². The van der Waals surface area contributed by atoms with E-state index in [4.69, 9.17) is 4.74 Å². The Kier molecular flexibility index (Phi) is 3.74. The molecular formula is C22H20O5. The van der Waals surface area contributed by atoms with Crippen LogP contribution in [0.15, 0.2) is 30.3 Å². The average Bonchev–Trinajstić information content (AvgIpc) is 2.57. The normalized spacial score (nSPS) is 19.7. The van der Waals surface area contributed by atoms with Crippen LogP contribution in [0.4, 0.5) is 0 Å². The van der Waals surface area contributed by atoms with Crippen LogP contribution in [0.5, 0.6) is 5.75 Å². The maximum Gasteiger partial charge on any atom is 0.303 e. The topological polar surface area (TPSA) is 80.7 Å². The summed E-state index contributed by atoms with van der Waals surface area (Å²) in [4.78, 5) is 37.9. The third-order valence-corrected chi connectivity index (χ3v) is 5.36. The number of esters is 1. The highest BCUT2D eigenvalue weighted by Gasteiger charge is 2.41. The van der Waals surface area contributed by atoms with Gasteiger partial charge < -0.3 is 9.84 Å². The van der Waals surface area contributed by atoms with Gasteiger partial charge in [0.2, 0.25) is 0 Å². The summed E-state index contributed by atoms with van der Waals surface area (Å²) in [5, 5.41) is 10.2. The maximum absolute atomic E-state index is 13.3. The second-order valence-corrected chi connectivity index (χ2v) is 8.06. The molecule has 0 radical (unpaired) electrons. The zero-order valence-electron chi connectivity index (χ0n) is 15.5. The summed E-state index contributed by atoms with van der Waals surface area (Å²) in [6.07, 6.45) is 0.675. The molecule has 5 heteroatoms. The third kappa shape index (κ3) is 2.65. The fourth-order valence-corrected chi connectivity index (χ4v) is 4.35. The van der Waals surface area contributed by atoms with Gasteiger partial charge in [0, 0.05) is 29.2 Å². The first-order chi connectivity index (χ1) is 12.7. The van der Waals surface area contributed by atoms with Gasteiger partial charge in [-0.3, -0.25) is 14.4 Å². The molecule has 2 aliphatic carbocycles. The van der Waals surface area contributed by atoms with Gasteiger partial charge in [-0.1, -0.05) is 32.0 Å². The second kappa shape index (κ2) is 5.78. The Labute approximate surface area is 157 Å². The molecule has 0 aromatic heterocycles. The molecular weight excluding hydrogens is 344 g/mol. The van der Waals surface area contributed by atoms with Gasteiger partial charge in [-0.05, 0) is 36.0 Å². The summed E-state index contributed by atoms with van der Waals surface area (Å²) in [6, 6.07) is 8.02. The molecule has 0 aliphatic heterocycles. The Morgan fingerprint density at radius 2 is 1.78 bits per heavy atom. The average molecular weight is 364 g/mol. The van der Waals surface area contributed by atoms with Crippen LogP contribution in [-0.4, -0.2) is 22.6 Å². The quantitative estimate of drug-likeness (QED) is 0.665. The first kappa shape index (κ1) is 17.5. The SMILES string of the molecule is CC(=O)OC1CC(C)(C)Cc2ccc3c(c21)C(=O)c1c(O)cccc1C3=O. The highest BCUT2D eigenvalue weighted by molar-refractivity contribution is 6.30. The molecule has 27 heavy (non-hydrogen) atoms. The molecule has 2 aliphatic rings. The molecule has 138 valence electrons. The number of aromatic hydroxyl groups is 1. The van der Waals surface area contributed by atoms with E-state index in [9.17, 15) is 19.5 Å². The number of phenolic OH excluding ortho intramolecular Hbond substituents is 1. The fourth-order valence-electron chi connectivity index (χ4n) is 4.35. The Balaban J connectivity index is 1.99. The molecule has 0 amide bonds. The van der Waals surface area contributed by atoms with Gasteiger partial charge in [-0.25, -0.2) is 0 Å². The van der Waals surface area contributed by atoms with Crippen LogP contribution in [0, 0.1) is 5.41 Å². The van der Waals surface area contributed by atoms with Crippen LogP contribution in [0.3, 0.4) is 0 Å². The Morgan fingerprint density at radius 3 is 2.48 bits per heavy atom. The number of benzene rings is 2. The zero-order chi connectivity index (χ0) is 19.5. The van der Waals surface area contributed by atoms with E-state index < -0.39 is 17.9 Å².